The first-order valence-corrected chi connectivity index (χ1v) is 4.70. The molecule has 0 amide bonds. The first kappa shape index (κ1) is 9.45. The minimum absolute atomic E-state index is 0.698. The Morgan fingerprint density at radius 1 is 1.20 bits per heavy atom. The number of benzene rings is 1. The van der Waals surface area contributed by atoms with Gasteiger partial charge in [0.15, 0.2) is 0 Å². The van der Waals surface area contributed by atoms with Gasteiger partial charge in [-0.1, -0.05) is 12.1 Å². The summed E-state index contributed by atoms with van der Waals surface area (Å²) in [6.07, 6.45) is 1.64. The van der Waals surface area contributed by atoms with Gasteiger partial charge in [-0.2, -0.15) is 5.10 Å². The van der Waals surface area contributed by atoms with Crippen LogP contribution in [-0.4, -0.2) is 10.2 Å². The van der Waals surface area contributed by atoms with Crippen LogP contribution in [0.1, 0.15) is 5.56 Å². The Bertz CT molecular complexity index is 428. The second kappa shape index (κ2) is 4.41. The first-order valence-electron chi connectivity index (χ1n) is 4.70. The molecule has 4 heteroatoms. The van der Waals surface area contributed by atoms with Gasteiger partial charge in [-0.05, 0) is 29.8 Å². The molecule has 0 fully saturated rings. The van der Waals surface area contributed by atoms with Crippen LogP contribution in [0.2, 0.25) is 0 Å². The van der Waals surface area contributed by atoms with Gasteiger partial charge in [0.1, 0.15) is 5.82 Å². The summed E-state index contributed by atoms with van der Waals surface area (Å²) in [6.45, 7) is 0.698. The van der Waals surface area contributed by atoms with E-state index < -0.39 is 0 Å². The van der Waals surface area contributed by atoms with Crippen molar-refractivity contribution in [1.29, 1.82) is 0 Å². The summed E-state index contributed by atoms with van der Waals surface area (Å²) in [5, 5.41) is 10.9. The Morgan fingerprint density at radius 3 is 2.87 bits per heavy atom. The van der Waals surface area contributed by atoms with Gasteiger partial charge in [0.25, 0.3) is 0 Å². The van der Waals surface area contributed by atoms with Crippen LogP contribution in [0.25, 0.3) is 0 Å². The van der Waals surface area contributed by atoms with Crippen molar-refractivity contribution in [1.82, 2.24) is 10.2 Å². The van der Waals surface area contributed by atoms with Crippen LogP contribution >= 0.6 is 0 Å². The molecule has 0 aliphatic heterocycles. The maximum Gasteiger partial charge on any atom is 0.148 e. The molecule has 0 radical (unpaired) electrons. The topological polar surface area (TPSA) is 63.8 Å². The van der Waals surface area contributed by atoms with E-state index in [0.29, 0.717) is 6.54 Å². The maximum absolute atomic E-state index is 5.67. The molecule has 0 aliphatic carbocycles. The van der Waals surface area contributed by atoms with Crippen molar-refractivity contribution in [2.75, 3.05) is 11.1 Å². The van der Waals surface area contributed by atoms with Crippen molar-refractivity contribution in [2.45, 2.75) is 6.54 Å². The Hall–Kier alpha value is -2.10. The monoisotopic (exact) mass is 200 g/mol. The van der Waals surface area contributed by atoms with E-state index in [1.54, 1.807) is 6.20 Å². The Morgan fingerprint density at radius 2 is 2.13 bits per heavy atom. The van der Waals surface area contributed by atoms with Crippen LogP contribution < -0.4 is 11.1 Å². The van der Waals surface area contributed by atoms with Crippen molar-refractivity contribution in [2.24, 2.45) is 0 Å². The Labute approximate surface area is 88.2 Å². The average molecular weight is 200 g/mol. The quantitative estimate of drug-likeness (QED) is 0.740. The smallest absolute Gasteiger partial charge is 0.148 e. The minimum atomic E-state index is 0.698. The van der Waals surface area contributed by atoms with Crippen molar-refractivity contribution in [3.05, 3.63) is 48.2 Å². The molecule has 0 bridgehead atoms. The summed E-state index contributed by atoms with van der Waals surface area (Å²) in [7, 11) is 0. The summed E-state index contributed by atoms with van der Waals surface area (Å²) in [4.78, 5) is 0. The summed E-state index contributed by atoms with van der Waals surface area (Å²) < 4.78 is 0. The number of hydrogen-bond acceptors (Lipinski definition) is 4. The first-order chi connectivity index (χ1) is 7.34. The number of rotatable bonds is 3. The zero-order chi connectivity index (χ0) is 10.5. The van der Waals surface area contributed by atoms with E-state index in [2.05, 4.69) is 15.5 Å². The van der Waals surface area contributed by atoms with Crippen molar-refractivity contribution < 1.29 is 0 Å². The standard InChI is InChI=1S/C11H12N4/c12-10-4-1-3-9(7-10)8-13-11-5-2-6-14-15-11/h1-7H,8,12H2,(H,13,15). The predicted octanol–water partition coefficient (Wildman–Crippen LogP) is 1.67. The zero-order valence-corrected chi connectivity index (χ0v) is 8.22. The SMILES string of the molecule is Nc1cccc(CNc2cccnn2)c1. The van der Waals surface area contributed by atoms with Gasteiger partial charge in [-0.3, -0.25) is 0 Å². The molecule has 0 saturated heterocycles. The predicted molar refractivity (Wildman–Crippen MR) is 60.2 cm³/mol. The molecule has 0 unspecified atom stereocenters. The fourth-order valence-electron chi connectivity index (χ4n) is 1.29. The normalized spacial score (nSPS) is 9.87. The van der Waals surface area contributed by atoms with Crippen LogP contribution in [0.5, 0.6) is 0 Å². The fourth-order valence-corrected chi connectivity index (χ4v) is 1.29. The third kappa shape index (κ3) is 2.67. The molecular weight excluding hydrogens is 188 g/mol. The highest BCUT2D eigenvalue weighted by atomic mass is 15.2. The van der Waals surface area contributed by atoms with Gasteiger partial charge in [0.05, 0.1) is 0 Å². The van der Waals surface area contributed by atoms with Crippen LogP contribution in [-0.2, 0) is 6.54 Å². The maximum atomic E-state index is 5.67. The van der Waals surface area contributed by atoms with Crippen molar-refractivity contribution in [3.63, 3.8) is 0 Å². The number of nitrogens with one attached hydrogen (secondary N) is 1. The number of nitrogens with two attached hydrogens (primary N) is 1. The molecule has 76 valence electrons. The summed E-state index contributed by atoms with van der Waals surface area (Å²) in [5.41, 5.74) is 7.57. The Kier molecular flexibility index (Phi) is 2.78. The van der Waals surface area contributed by atoms with Gasteiger partial charge < -0.3 is 11.1 Å². The van der Waals surface area contributed by atoms with E-state index in [0.717, 1.165) is 17.1 Å². The van der Waals surface area contributed by atoms with E-state index in [-0.39, 0.29) is 0 Å². The van der Waals surface area contributed by atoms with Crippen molar-refractivity contribution in [3.8, 4) is 0 Å². The van der Waals surface area contributed by atoms with E-state index in [1.165, 1.54) is 0 Å². The molecule has 2 aromatic rings. The molecule has 0 saturated carbocycles. The van der Waals surface area contributed by atoms with Gasteiger partial charge >= 0.3 is 0 Å². The highest BCUT2D eigenvalue weighted by molar-refractivity contribution is 5.42. The summed E-state index contributed by atoms with van der Waals surface area (Å²) in [6, 6.07) is 11.5. The van der Waals surface area contributed by atoms with Gasteiger partial charge in [0, 0.05) is 18.4 Å². The van der Waals surface area contributed by atoms with Crippen LogP contribution in [0, 0.1) is 0 Å². The highest BCUT2D eigenvalue weighted by Gasteiger charge is 1.94. The second-order valence-corrected chi connectivity index (χ2v) is 3.21. The zero-order valence-electron chi connectivity index (χ0n) is 8.22. The lowest BCUT2D eigenvalue weighted by atomic mass is 10.2. The molecule has 0 atom stereocenters. The molecule has 1 aromatic carbocycles. The number of nitrogens with zero attached hydrogens (tertiary/aromatic N) is 2. The minimum Gasteiger partial charge on any atom is -0.399 e. The third-order valence-electron chi connectivity index (χ3n) is 2.00. The summed E-state index contributed by atoms with van der Waals surface area (Å²) in [5.74, 6) is 0.764. The molecule has 2 rings (SSSR count). The molecule has 4 nitrogen and oxygen atoms in total. The third-order valence-corrected chi connectivity index (χ3v) is 2.00. The molecule has 0 spiro atoms. The lowest BCUT2D eigenvalue weighted by Crippen LogP contribution is -2.02. The molecule has 15 heavy (non-hydrogen) atoms. The lowest BCUT2D eigenvalue weighted by molar-refractivity contribution is 1.00. The fraction of sp³-hybridized carbons (Fsp3) is 0.0909. The largest absolute Gasteiger partial charge is 0.399 e. The lowest BCUT2D eigenvalue weighted by Gasteiger charge is -2.04. The van der Waals surface area contributed by atoms with E-state index in [9.17, 15) is 0 Å². The number of hydrogen-bond donors (Lipinski definition) is 2. The van der Waals surface area contributed by atoms with Gasteiger partial charge in [-0.15, -0.1) is 5.10 Å². The van der Waals surface area contributed by atoms with Crippen LogP contribution in [0.4, 0.5) is 11.5 Å². The summed E-state index contributed by atoms with van der Waals surface area (Å²) >= 11 is 0. The van der Waals surface area contributed by atoms with E-state index in [4.69, 9.17) is 5.73 Å². The molecular formula is C11H12N4. The van der Waals surface area contributed by atoms with Crippen LogP contribution in [0.3, 0.4) is 0 Å². The van der Waals surface area contributed by atoms with Crippen LogP contribution in [0.15, 0.2) is 42.6 Å². The molecule has 1 heterocycles. The molecule has 3 N–H and O–H groups in total. The van der Waals surface area contributed by atoms with Gasteiger partial charge in [0.2, 0.25) is 0 Å². The molecule has 1 aromatic heterocycles. The number of aromatic nitrogens is 2. The molecule has 0 aliphatic rings. The number of anilines is 2. The highest BCUT2D eigenvalue weighted by Crippen LogP contribution is 2.08. The van der Waals surface area contributed by atoms with Crippen molar-refractivity contribution >= 4 is 11.5 Å². The van der Waals surface area contributed by atoms with E-state index >= 15 is 0 Å². The second-order valence-electron chi connectivity index (χ2n) is 3.21. The van der Waals surface area contributed by atoms with Gasteiger partial charge in [-0.25, -0.2) is 0 Å². The van der Waals surface area contributed by atoms with E-state index in [1.807, 2.05) is 36.4 Å². The average Bonchev–Trinajstić information content (AvgIpc) is 2.28. The Balaban J connectivity index is 1.99. The number of nitrogen functional groups attached to an aromatic ring is 1.